The van der Waals surface area contributed by atoms with E-state index in [0.29, 0.717) is 28.3 Å². The number of hydrogen-bond donors (Lipinski definition) is 1. The van der Waals surface area contributed by atoms with Gasteiger partial charge in [0.05, 0.1) is 23.9 Å². The lowest BCUT2D eigenvalue weighted by Crippen LogP contribution is -2.30. The first-order valence-corrected chi connectivity index (χ1v) is 9.44. The fraction of sp³-hybridized carbons (Fsp3) is 0.125. The summed E-state index contributed by atoms with van der Waals surface area (Å²) in [5.41, 5.74) is 3.75. The van der Waals surface area contributed by atoms with Crippen molar-refractivity contribution in [2.75, 3.05) is 17.3 Å². The molecule has 0 fully saturated rings. The zero-order valence-corrected chi connectivity index (χ0v) is 16.9. The Morgan fingerprint density at radius 2 is 1.57 bits per heavy atom. The fourth-order valence-electron chi connectivity index (χ4n) is 3.44. The van der Waals surface area contributed by atoms with Crippen molar-refractivity contribution in [3.05, 3.63) is 88.5 Å². The largest absolute Gasteiger partial charge is 0.497 e. The lowest BCUT2D eigenvalue weighted by Gasteiger charge is -2.17. The minimum Gasteiger partial charge on any atom is -0.497 e. The van der Waals surface area contributed by atoms with Crippen molar-refractivity contribution in [2.24, 2.45) is 0 Å². The molecule has 3 aromatic carbocycles. The molecule has 3 aromatic rings. The normalized spacial score (nSPS) is 12.7. The molecule has 1 aliphatic heterocycles. The molecule has 0 radical (unpaired) electrons. The summed E-state index contributed by atoms with van der Waals surface area (Å²) in [4.78, 5) is 39.8. The van der Waals surface area contributed by atoms with Gasteiger partial charge < -0.3 is 10.1 Å². The molecule has 0 atom stereocenters. The second-order valence-electron chi connectivity index (χ2n) is 7.18. The van der Waals surface area contributed by atoms with Crippen molar-refractivity contribution in [2.45, 2.75) is 13.8 Å². The first-order valence-electron chi connectivity index (χ1n) is 9.44. The molecular weight excluding hydrogens is 380 g/mol. The number of methoxy groups -OCH3 is 1. The quantitative estimate of drug-likeness (QED) is 0.660. The number of hydrogen-bond acceptors (Lipinski definition) is 4. The van der Waals surface area contributed by atoms with Gasteiger partial charge in [0.15, 0.2) is 0 Å². The number of amides is 3. The number of aryl methyl sites for hydroxylation is 2. The van der Waals surface area contributed by atoms with Crippen LogP contribution in [-0.2, 0) is 0 Å². The third kappa shape index (κ3) is 3.33. The lowest BCUT2D eigenvalue weighted by molar-refractivity contribution is 0.0925. The van der Waals surface area contributed by atoms with Gasteiger partial charge >= 0.3 is 0 Å². The van der Waals surface area contributed by atoms with Crippen LogP contribution in [0.1, 0.15) is 42.2 Å². The lowest BCUT2D eigenvalue weighted by atomic mass is 10.1. The maximum atomic E-state index is 13.0. The molecule has 30 heavy (non-hydrogen) atoms. The van der Waals surface area contributed by atoms with Crippen molar-refractivity contribution in [3.8, 4) is 5.75 Å². The minimum absolute atomic E-state index is 0.225. The molecule has 6 nitrogen and oxygen atoms in total. The van der Waals surface area contributed by atoms with Crippen LogP contribution in [0.4, 0.5) is 11.4 Å². The maximum Gasteiger partial charge on any atom is 0.266 e. The number of carbonyl (C=O) groups excluding carboxylic acids is 3. The monoisotopic (exact) mass is 400 g/mol. The van der Waals surface area contributed by atoms with Crippen LogP contribution in [0, 0.1) is 13.8 Å². The number of anilines is 2. The molecular formula is C24H20N2O4. The number of rotatable bonds is 4. The highest BCUT2D eigenvalue weighted by molar-refractivity contribution is 6.35. The Hall–Kier alpha value is -3.93. The Morgan fingerprint density at radius 3 is 2.27 bits per heavy atom. The number of imide groups is 1. The Kier molecular flexibility index (Phi) is 4.83. The average molecular weight is 400 g/mol. The average Bonchev–Trinajstić information content (AvgIpc) is 3.00. The molecule has 150 valence electrons. The van der Waals surface area contributed by atoms with Gasteiger partial charge in [0, 0.05) is 11.3 Å². The van der Waals surface area contributed by atoms with E-state index in [1.54, 1.807) is 37.4 Å². The first-order chi connectivity index (χ1) is 14.4. The highest BCUT2D eigenvalue weighted by atomic mass is 16.5. The van der Waals surface area contributed by atoms with Crippen molar-refractivity contribution in [1.82, 2.24) is 0 Å². The Labute approximate surface area is 174 Å². The number of fused-ring (bicyclic) bond motifs is 1. The van der Waals surface area contributed by atoms with E-state index in [1.807, 2.05) is 32.0 Å². The smallest absolute Gasteiger partial charge is 0.266 e. The van der Waals surface area contributed by atoms with E-state index in [-0.39, 0.29) is 17.4 Å². The van der Waals surface area contributed by atoms with E-state index >= 15 is 0 Å². The molecule has 1 N–H and O–H groups in total. The number of benzene rings is 3. The van der Waals surface area contributed by atoms with Gasteiger partial charge in [0.25, 0.3) is 17.7 Å². The zero-order chi connectivity index (χ0) is 21.4. The number of carbonyl (C=O) groups is 3. The second-order valence-corrected chi connectivity index (χ2v) is 7.18. The van der Waals surface area contributed by atoms with Gasteiger partial charge in [-0.15, -0.1) is 0 Å². The zero-order valence-electron chi connectivity index (χ0n) is 16.9. The van der Waals surface area contributed by atoms with Crippen molar-refractivity contribution < 1.29 is 19.1 Å². The predicted molar refractivity (Wildman–Crippen MR) is 114 cm³/mol. The predicted octanol–water partition coefficient (Wildman–Crippen LogP) is 4.36. The third-order valence-corrected chi connectivity index (χ3v) is 5.10. The van der Waals surface area contributed by atoms with Gasteiger partial charge in [-0.05, 0) is 73.5 Å². The standard InChI is InChI=1S/C24H20N2O4/c1-14-4-5-15(2)21(12-14)26-23(28)19-11-6-16(13-20(19)24(26)29)22(27)25-17-7-9-18(30-3)10-8-17/h4-13H,1-3H3,(H,25,27). The first kappa shape index (κ1) is 19.4. The summed E-state index contributed by atoms with van der Waals surface area (Å²) < 4.78 is 5.11. The summed E-state index contributed by atoms with van der Waals surface area (Å²) in [6, 6.07) is 17.1. The van der Waals surface area contributed by atoms with Crippen molar-refractivity contribution >= 4 is 29.1 Å². The van der Waals surface area contributed by atoms with Crippen LogP contribution in [-0.4, -0.2) is 24.8 Å². The Morgan fingerprint density at radius 1 is 0.867 bits per heavy atom. The van der Waals surface area contributed by atoms with Crippen molar-refractivity contribution in [1.29, 1.82) is 0 Å². The molecule has 0 aliphatic carbocycles. The summed E-state index contributed by atoms with van der Waals surface area (Å²) in [5.74, 6) is -0.497. The maximum absolute atomic E-state index is 13.0. The van der Waals surface area contributed by atoms with Gasteiger partial charge in [-0.1, -0.05) is 12.1 Å². The van der Waals surface area contributed by atoms with Crippen LogP contribution in [0.5, 0.6) is 5.75 Å². The van der Waals surface area contributed by atoms with E-state index in [4.69, 9.17) is 4.74 Å². The van der Waals surface area contributed by atoms with Gasteiger partial charge in [0.1, 0.15) is 5.75 Å². The van der Waals surface area contributed by atoms with E-state index < -0.39 is 5.91 Å². The fourth-order valence-corrected chi connectivity index (χ4v) is 3.44. The van der Waals surface area contributed by atoms with Gasteiger partial charge in [-0.3, -0.25) is 14.4 Å². The Balaban J connectivity index is 1.62. The Bertz CT molecular complexity index is 1180. The molecule has 4 rings (SSSR count). The molecule has 0 bridgehead atoms. The number of ether oxygens (including phenoxy) is 1. The van der Waals surface area contributed by atoms with Crippen LogP contribution in [0.3, 0.4) is 0 Å². The number of nitrogens with zero attached hydrogens (tertiary/aromatic N) is 1. The summed E-state index contributed by atoms with van der Waals surface area (Å²) in [6.45, 7) is 3.76. The van der Waals surface area contributed by atoms with E-state index in [1.165, 1.54) is 17.0 Å². The topological polar surface area (TPSA) is 75.7 Å². The number of nitrogens with one attached hydrogen (secondary N) is 1. The van der Waals surface area contributed by atoms with Crippen LogP contribution < -0.4 is 15.0 Å². The molecule has 1 heterocycles. The molecule has 6 heteroatoms. The van der Waals surface area contributed by atoms with Crippen LogP contribution in [0.25, 0.3) is 0 Å². The van der Waals surface area contributed by atoms with Gasteiger partial charge in [0.2, 0.25) is 0 Å². The summed E-state index contributed by atoms with van der Waals surface area (Å²) >= 11 is 0. The van der Waals surface area contributed by atoms with Crippen LogP contribution in [0.2, 0.25) is 0 Å². The van der Waals surface area contributed by atoms with Crippen LogP contribution in [0.15, 0.2) is 60.7 Å². The molecule has 0 unspecified atom stereocenters. The molecule has 0 spiro atoms. The van der Waals surface area contributed by atoms with Gasteiger partial charge in [-0.2, -0.15) is 0 Å². The summed E-state index contributed by atoms with van der Waals surface area (Å²) in [5, 5.41) is 2.78. The minimum atomic E-state index is -0.428. The molecule has 1 aliphatic rings. The van der Waals surface area contributed by atoms with Gasteiger partial charge in [-0.25, -0.2) is 4.90 Å². The highest BCUT2D eigenvalue weighted by Gasteiger charge is 2.37. The SMILES string of the molecule is COc1ccc(NC(=O)c2ccc3c(c2)C(=O)N(c2cc(C)ccc2C)C3=O)cc1. The summed E-state index contributed by atoms with van der Waals surface area (Å²) in [7, 11) is 1.57. The summed E-state index contributed by atoms with van der Waals surface area (Å²) in [6.07, 6.45) is 0. The molecule has 0 saturated heterocycles. The van der Waals surface area contributed by atoms with Crippen LogP contribution >= 0.6 is 0 Å². The third-order valence-electron chi connectivity index (χ3n) is 5.10. The molecule has 0 saturated carbocycles. The van der Waals surface area contributed by atoms with E-state index in [2.05, 4.69) is 5.32 Å². The molecule has 3 amide bonds. The molecule has 0 aromatic heterocycles. The van der Waals surface area contributed by atoms with E-state index in [0.717, 1.165) is 11.1 Å². The van der Waals surface area contributed by atoms with Crippen molar-refractivity contribution in [3.63, 3.8) is 0 Å². The highest BCUT2D eigenvalue weighted by Crippen LogP contribution is 2.32. The van der Waals surface area contributed by atoms with E-state index in [9.17, 15) is 14.4 Å². The second kappa shape index (κ2) is 7.48.